The van der Waals surface area contributed by atoms with E-state index in [1.807, 2.05) is 12.3 Å². The number of carbonyl (C=O) groups excluding carboxylic acids is 1. The van der Waals surface area contributed by atoms with Gasteiger partial charge in [0.1, 0.15) is 10.7 Å². The van der Waals surface area contributed by atoms with E-state index in [1.165, 1.54) is 11.3 Å². The first-order valence-electron chi connectivity index (χ1n) is 4.78. The van der Waals surface area contributed by atoms with Crippen LogP contribution in [0.25, 0.3) is 0 Å². The number of aromatic nitrogens is 2. The summed E-state index contributed by atoms with van der Waals surface area (Å²) in [6.07, 6.45) is 1.59. The topological polar surface area (TPSA) is 83.8 Å². The lowest BCUT2D eigenvalue weighted by atomic mass is 10.4. The summed E-state index contributed by atoms with van der Waals surface area (Å²) >= 11 is 1.53. The van der Waals surface area contributed by atoms with Crippen LogP contribution < -0.4 is 11.1 Å². The van der Waals surface area contributed by atoms with Crippen LogP contribution in [0.5, 0.6) is 0 Å². The second-order valence-corrected chi connectivity index (χ2v) is 4.35. The lowest BCUT2D eigenvalue weighted by Gasteiger charge is -2.00. The van der Waals surface area contributed by atoms with E-state index in [0.29, 0.717) is 17.9 Å². The third-order valence-electron chi connectivity index (χ3n) is 2.02. The molecule has 0 spiro atoms. The first-order valence-corrected chi connectivity index (χ1v) is 5.66. The fraction of sp³-hybridized carbons (Fsp3) is 0.200. The van der Waals surface area contributed by atoms with Crippen LogP contribution in [0, 0.1) is 6.92 Å². The van der Waals surface area contributed by atoms with Gasteiger partial charge >= 0.3 is 0 Å². The molecule has 0 aromatic carbocycles. The van der Waals surface area contributed by atoms with Crippen LogP contribution in [0.15, 0.2) is 17.6 Å². The van der Waals surface area contributed by atoms with Crippen molar-refractivity contribution in [1.29, 1.82) is 0 Å². The quantitative estimate of drug-likeness (QED) is 0.750. The molecule has 84 valence electrons. The number of nitrogen functional groups attached to an aromatic ring is 1. The molecule has 2 rings (SSSR count). The second-order valence-electron chi connectivity index (χ2n) is 3.41. The Morgan fingerprint density at radius 1 is 1.69 bits per heavy atom. The molecule has 4 N–H and O–H groups in total. The molecule has 0 aliphatic carbocycles. The van der Waals surface area contributed by atoms with Gasteiger partial charge in [-0.25, -0.2) is 4.98 Å². The van der Waals surface area contributed by atoms with Crippen molar-refractivity contribution in [3.05, 3.63) is 34.0 Å². The molecule has 0 radical (unpaired) electrons. The maximum absolute atomic E-state index is 11.6. The lowest BCUT2D eigenvalue weighted by molar-refractivity contribution is 0.0946. The molecule has 6 heteroatoms. The monoisotopic (exact) mass is 236 g/mol. The number of rotatable bonds is 3. The van der Waals surface area contributed by atoms with E-state index in [9.17, 15) is 4.79 Å². The minimum Gasteiger partial charge on any atom is -0.397 e. The van der Waals surface area contributed by atoms with Gasteiger partial charge in [-0.1, -0.05) is 0 Å². The van der Waals surface area contributed by atoms with Crippen molar-refractivity contribution >= 4 is 22.9 Å². The number of carbonyl (C=O) groups is 1. The van der Waals surface area contributed by atoms with E-state index < -0.39 is 0 Å². The first-order chi connectivity index (χ1) is 7.65. The van der Waals surface area contributed by atoms with Gasteiger partial charge in [0.2, 0.25) is 0 Å². The van der Waals surface area contributed by atoms with E-state index in [0.717, 1.165) is 10.7 Å². The Hall–Kier alpha value is -1.82. The molecule has 0 fully saturated rings. The zero-order chi connectivity index (χ0) is 11.5. The van der Waals surface area contributed by atoms with E-state index in [-0.39, 0.29) is 5.91 Å². The number of hydrogen-bond donors (Lipinski definition) is 3. The minimum atomic E-state index is -0.176. The van der Waals surface area contributed by atoms with Gasteiger partial charge in [0.25, 0.3) is 5.91 Å². The number of amides is 1. The van der Waals surface area contributed by atoms with Gasteiger partial charge in [0.05, 0.1) is 6.54 Å². The van der Waals surface area contributed by atoms with Crippen molar-refractivity contribution in [2.45, 2.75) is 13.5 Å². The number of aromatic amines is 1. The summed E-state index contributed by atoms with van der Waals surface area (Å²) in [5.41, 5.74) is 7.49. The van der Waals surface area contributed by atoms with Crippen molar-refractivity contribution in [2.75, 3.05) is 5.73 Å². The number of H-pyrrole nitrogens is 1. The summed E-state index contributed by atoms with van der Waals surface area (Å²) in [6.45, 7) is 2.36. The van der Waals surface area contributed by atoms with Crippen LogP contribution in [0.2, 0.25) is 0 Å². The highest BCUT2D eigenvalue weighted by Crippen LogP contribution is 2.09. The van der Waals surface area contributed by atoms with Gasteiger partial charge in [0, 0.05) is 23.0 Å². The lowest BCUT2D eigenvalue weighted by Crippen LogP contribution is -2.22. The standard InChI is InChI=1S/C10H12N4OS/c1-6-5-16-9(14-6)4-13-10(15)8-2-7(11)3-12-8/h2-3,5,12H,4,11H2,1H3,(H,13,15). The van der Waals surface area contributed by atoms with Crippen molar-refractivity contribution in [2.24, 2.45) is 0 Å². The molecular weight excluding hydrogens is 224 g/mol. The third kappa shape index (κ3) is 2.40. The maximum Gasteiger partial charge on any atom is 0.268 e. The molecule has 2 aromatic rings. The number of hydrogen-bond acceptors (Lipinski definition) is 4. The van der Waals surface area contributed by atoms with Crippen molar-refractivity contribution < 1.29 is 4.79 Å². The highest BCUT2D eigenvalue weighted by molar-refractivity contribution is 7.09. The SMILES string of the molecule is Cc1csc(CNC(=O)c2cc(N)c[nH]2)n1. The fourth-order valence-corrected chi connectivity index (χ4v) is 1.99. The summed E-state index contributed by atoms with van der Waals surface area (Å²) in [4.78, 5) is 18.7. The smallest absolute Gasteiger partial charge is 0.268 e. The van der Waals surface area contributed by atoms with Gasteiger partial charge in [-0.3, -0.25) is 4.79 Å². The molecule has 0 unspecified atom stereocenters. The highest BCUT2D eigenvalue weighted by Gasteiger charge is 2.07. The van der Waals surface area contributed by atoms with E-state index in [4.69, 9.17) is 5.73 Å². The molecule has 5 nitrogen and oxygen atoms in total. The predicted octanol–water partition coefficient (Wildman–Crippen LogP) is 1.29. The maximum atomic E-state index is 11.6. The normalized spacial score (nSPS) is 10.3. The average molecular weight is 236 g/mol. The van der Waals surface area contributed by atoms with Gasteiger partial charge in [0.15, 0.2) is 0 Å². The summed E-state index contributed by atoms with van der Waals surface area (Å²) < 4.78 is 0. The Bertz CT molecular complexity index is 502. The molecule has 2 heterocycles. The fourth-order valence-electron chi connectivity index (χ4n) is 1.28. The van der Waals surface area contributed by atoms with Gasteiger partial charge in [-0.05, 0) is 13.0 Å². The van der Waals surface area contributed by atoms with Gasteiger partial charge in [-0.2, -0.15) is 0 Å². The summed E-state index contributed by atoms with van der Waals surface area (Å²) in [7, 11) is 0. The van der Waals surface area contributed by atoms with Crippen LogP contribution in [0.3, 0.4) is 0 Å². The third-order valence-corrected chi connectivity index (χ3v) is 2.98. The van der Waals surface area contributed by atoms with E-state index in [1.54, 1.807) is 12.3 Å². The molecule has 0 saturated carbocycles. The van der Waals surface area contributed by atoms with Crippen LogP contribution in [0.1, 0.15) is 21.2 Å². The Morgan fingerprint density at radius 2 is 2.50 bits per heavy atom. The summed E-state index contributed by atoms with van der Waals surface area (Å²) in [5.74, 6) is -0.176. The van der Waals surface area contributed by atoms with Crippen LogP contribution in [0.4, 0.5) is 5.69 Å². The van der Waals surface area contributed by atoms with Crippen molar-refractivity contribution in [1.82, 2.24) is 15.3 Å². The molecule has 2 aromatic heterocycles. The van der Waals surface area contributed by atoms with E-state index >= 15 is 0 Å². The van der Waals surface area contributed by atoms with Crippen molar-refractivity contribution in [3.8, 4) is 0 Å². The molecule has 1 amide bonds. The number of thiazole rings is 1. The number of anilines is 1. The Balaban J connectivity index is 1.93. The van der Waals surface area contributed by atoms with Crippen molar-refractivity contribution in [3.63, 3.8) is 0 Å². The highest BCUT2D eigenvalue weighted by atomic mass is 32.1. The van der Waals surface area contributed by atoms with Crippen LogP contribution in [-0.4, -0.2) is 15.9 Å². The Morgan fingerprint density at radius 3 is 3.06 bits per heavy atom. The molecule has 0 atom stereocenters. The molecular formula is C10H12N4OS. The summed E-state index contributed by atoms with van der Waals surface area (Å²) in [6, 6.07) is 1.60. The van der Waals surface area contributed by atoms with Crippen LogP contribution >= 0.6 is 11.3 Å². The predicted molar refractivity (Wildman–Crippen MR) is 63.2 cm³/mol. The number of aryl methyl sites for hydroxylation is 1. The molecule has 0 aliphatic rings. The number of nitrogens with two attached hydrogens (primary N) is 1. The number of nitrogens with one attached hydrogen (secondary N) is 2. The zero-order valence-corrected chi connectivity index (χ0v) is 9.60. The van der Waals surface area contributed by atoms with Gasteiger partial charge in [-0.15, -0.1) is 11.3 Å². The second kappa shape index (κ2) is 4.36. The molecule has 16 heavy (non-hydrogen) atoms. The minimum absolute atomic E-state index is 0.176. The Kier molecular flexibility index (Phi) is 2.91. The van der Waals surface area contributed by atoms with E-state index in [2.05, 4.69) is 15.3 Å². The largest absolute Gasteiger partial charge is 0.397 e. The Labute approximate surface area is 96.7 Å². The summed E-state index contributed by atoms with van der Waals surface area (Å²) in [5, 5.41) is 5.61. The average Bonchev–Trinajstić information content (AvgIpc) is 2.84. The molecule has 0 bridgehead atoms. The zero-order valence-electron chi connectivity index (χ0n) is 8.78. The van der Waals surface area contributed by atoms with Crippen LogP contribution in [-0.2, 0) is 6.54 Å². The van der Waals surface area contributed by atoms with Gasteiger partial charge < -0.3 is 16.0 Å². The molecule has 0 saturated heterocycles. The molecule has 0 aliphatic heterocycles. The number of nitrogens with zero attached hydrogens (tertiary/aromatic N) is 1. The first kappa shape index (κ1) is 10.7.